The molecule has 0 saturated carbocycles. The predicted octanol–water partition coefficient (Wildman–Crippen LogP) is 4.54. The molecule has 0 bridgehead atoms. The van der Waals surface area contributed by atoms with Crippen molar-refractivity contribution in [3.8, 4) is 12.1 Å². The molecule has 35 heavy (non-hydrogen) atoms. The summed E-state index contributed by atoms with van der Waals surface area (Å²) >= 11 is 0. The van der Waals surface area contributed by atoms with Crippen LogP contribution in [0.3, 0.4) is 0 Å². The molecule has 0 aliphatic carbocycles. The number of hydrogen-bond acceptors (Lipinski definition) is 6. The predicted molar refractivity (Wildman–Crippen MR) is 130 cm³/mol. The average Bonchev–Trinajstić information content (AvgIpc) is 3.11. The van der Waals surface area contributed by atoms with Gasteiger partial charge in [0.25, 0.3) is 0 Å². The number of benzene rings is 1. The van der Waals surface area contributed by atoms with Gasteiger partial charge in [-0.05, 0) is 48.9 Å². The van der Waals surface area contributed by atoms with Gasteiger partial charge in [-0.2, -0.15) is 10.5 Å². The molecule has 1 atom stereocenters. The third-order valence-corrected chi connectivity index (χ3v) is 5.89. The summed E-state index contributed by atoms with van der Waals surface area (Å²) in [5, 5.41) is 28.0. The molecule has 0 spiro atoms. The van der Waals surface area contributed by atoms with Gasteiger partial charge in [0.05, 0.1) is 23.8 Å². The van der Waals surface area contributed by atoms with Gasteiger partial charge < -0.3 is 14.4 Å². The summed E-state index contributed by atoms with van der Waals surface area (Å²) in [5.74, 6) is -1.37. The SMILES string of the molecule is C[C@@H](CC(=O)O)CC(=O)c1c(CCCCOCc2cccc(C#N)c2)n(C)c2ncc(C#N)cc12. The number of pyridine rings is 1. The molecular formula is C27H28N4O4. The number of aryl methyl sites for hydroxylation is 1. The van der Waals surface area contributed by atoms with Crippen LogP contribution in [-0.4, -0.2) is 33.0 Å². The van der Waals surface area contributed by atoms with E-state index in [1.807, 2.05) is 23.7 Å². The Bertz CT molecular complexity index is 1310. The molecule has 0 saturated heterocycles. The van der Waals surface area contributed by atoms with E-state index >= 15 is 0 Å². The molecule has 0 radical (unpaired) electrons. The van der Waals surface area contributed by atoms with E-state index in [4.69, 9.17) is 15.1 Å². The zero-order chi connectivity index (χ0) is 25.4. The largest absolute Gasteiger partial charge is 0.481 e. The zero-order valence-electron chi connectivity index (χ0n) is 20.0. The first-order valence-electron chi connectivity index (χ1n) is 11.5. The van der Waals surface area contributed by atoms with Crippen molar-refractivity contribution in [2.75, 3.05) is 6.61 Å². The molecule has 2 aromatic heterocycles. The van der Waals surface area contributed by atoms with Crippen LogP contribution in [-0.2, 0) is 29.6 Å². The van der Waals surface area contributed by atoms with Gasteiger partial charge in [-0.1, -0.05) is 19.1 Å². The Hall–Kier alpha value is -4.01. The van der Waals surface area contributed by atoms with Crippen LogP contribution in [0.5, 0.6) is 0 Å². The highest BCUT2D eigenvalue weighted by Crippen LogP contribution is 2.29. The highest BCUT2D eigenvalue weighted by Gasteiger charge is 2.24. The molecule has 0 amide bonds. The number of carbonyl (C=O) groups excluding carboxylic acids is 1. The number of fused-ring (bicyclic) bond motifs is 1. The Morgan fingerprint density at radius 3 is 2.63 bits per heavy atom. The molecule has 3 aromatic rings. The Labute approximate surface area is 204 Å². The van der Waals surface area contributed by atoms with Crippen molar-refractivity contribution in [2.24, 2.45) is 13.0 Å². The summed E-state index contributed by atoms with van der Waals surface area (Å²) in [6.45, 7) is 2.71. The smallest absolute Gasteiger partial charge is 0.303 e. The van der Waals surface area contributed by atoms with Gasteiger partial charge in [0.1, 0.15) is 11.7 Å². The third kappa shape index (κ3) is 6.53. The number of ether oxygens (including phenoxy) is 1. The van der Waals surface area contributed by atoms with Gasteiger partial charge in [0, 0.05) is 49.3 Å². The van der Waals surface area contributed by atoms with E-state index in [1.165, 1.54) is 6.20 Å². The molecule has 8 nitrogen and oxygen atoms in total. The maximum absolute atomic E-state index is 13.3. The molecule has 0 aliphatic heterocycles. The van der Waals surface area contributed by atoms with Crippen LogP contribution >= 0.6 is 0 Å². The quantitative estimate of drug-likeness (QED) is 0.303. The van der Waals surface area contributed by atoms with Crippen LogP contribution in [0.25, 0.3) is 11.0 Å². The number of hydrogen-bond donors (Lipinski definition) is 1. The topological polar surface area (TPSA) is 129 Å². The number of nitrogens with zero attached hydrogens (tertiary/aromatic N) is 4. The van der Waals surface area contributed by atoms with Gasteiger partial charge in [-0.15, -0.1) is 0 Å². The average molecular weight is 473 g/mol. The fourth-order valence-electron chi connectivity index (χ4n) is 4.23. The monoisotopic (exact) mass is 472 g/mol. The minimum atomic E-state index is -0.934. The van der Waals surface area contributed by atoms with Crippen molar-refractivity contribution >= 4 is 22.8 Å². The fraction of sp³-hybridized carbons (Fsp3) is 0.370. The molecule has 0 fully saturated rings. The Kier molecular flexibility index (Phi) is 8.72. The van der Waals surface area contributed by atoms with Crippen molar-refractivity contribution in [1.82, 2.24) is 9.55 Å². The summed E-state index contributed by atoms with van der Waals surface area (Å²) in [6.07, 6.45) is 3.69. The second-order valence-electron chi connectivity index (χ2n) is 8.74. The number of aromatic nitrogens is 2. The zero-order valence-corrected chi connectivity index (χ0v) is 20.0. The Morgan fingerprint density at radius 1 is 1.14 bits per heavy atom. The summed E-state index contributed by atoms with van der Waals surface area (Å²) in [7, 11) is 1.85. The van der Waals surface area contributed by atoms with Crippen molar-refractivity contribution in [1.29, 1.82) is 10.5 Å². The Balaban J connectivity index is 1.70. The van der Waals surface area contributed by atoms with Gasteiger partial charge in [-0.25, -0.2) is 4.98 Å². The first-order chi connectivity index (χ1) is 16.8. The number of unbranched alkanes of at least 4 members (excludes halogenated alkanes) is 1. The summed E-state index contributed by atoms with van der Waals surface area (Å²) in [6, 6.07) is 13.2. The highest BCUT2D eigenvalue weighted by atomic mass is 16.5. The normalized spacial score (nSPS) is 11.7. The summed E-state index contributed by atoms with van der Waals surface area (Å²) < 4.78 is 7.65. The number of carboxylic acid groups (broad SMARTS) is 1. The van der Waals surface area contributed by atoms with E-state index in [0.29, 0.717) is 47.4 Å². The standard InChI is InChI=1S/C27H28N4O4/c1-18(11-25(33)34)10-24(32)26-22-13-21(15-29)16-30-27(22)31(2)23(26)8-3-4-9-35-17-20-7-5-6-19(12-20)14-28/h5-7,12-13,16,18H,3-4,8-11,17H2,1-2H3,(H,33,34)/t18-/m1/s1. The lowest BCUT2D eigenvalue weighted by atomic mass is 9.94. The summed E-state index contributed by atoms with van der Waals surface area (Å²) in [5.41, 5.74) is 3.90. The fourth-order valence-corrected chi connectivity index (χ4v) is 4.23. The van der Waals surface area contributed by atoms with Crippen molar-refractivity contribution < 1.29 is 19.4 Å². The highest BCUT2D eigenvalue weighted by molar-refractivity contribution is 6.09. The molecule has 3 rings (SSSR count). The van der Waals surface area contributed by atoms with Crippen LogP contribution in [0, 0.1) is 28.6 Å². The van der Waals surface area contributed by atoms with E-state index in [1.54, 1.807) is 25.1 Å². The second kappa shape index (κ2) is 11.9. The maximum atomic E-state index is 13.3. The van der Waals surface area contributed by atoms with Crippen LogP contribution < -0.4 is 0 Å². The van der Waals surface area contributed by atoms with E-state index in [2.05, 4.69) is 17.1 Å². The first kappa shape index (κ1) is 25.6. The van der Waals surface area contributed by atoms with Gasteiger partial charge >= 0.3 is 5.97 Å². The number of rotatable bonds is 12. The Morgan fingerprint density at radius 2 is 1.91 bits per heavy atom. The van der Waals surface area contributed by atoms with Gasteiger partial charge in [-0.3, -0.25) is 9.59 Å². The number of carboxylic acids is 1. The van der Waals surface area contributed by atoms with E-state index < -0.39 is 5.97 Å². The van der Waals surface area contributed by atoms with Crippen LogP contribution in [0.2, 0.25) is 0 Å². The lowest BCUT2D eigenvalue weighted by molar-refractivity contribution is -0.137. The lowest BCUT2D eigenvalue weighted by Crippen LogP contribution is -2.12. The molecule has 0 aliphatic rings. The number of aliphatic carboxylic acids is 1. The molecular weight excluding hydrogens is 444 g/mol. The first-order valence-corrected chi connectivity index (χ1v) is 11.5. The molecule has 1 N–H and O–H groups in total. The lowest BCUT2D eigenvalue weighted by Gasteiger charge is -2.11. The maximum Gasteiger partial charge on any atom is 0.303 e. The van der Waals surface area contributed by atoms with E-state index in [0.717, 1.165) is 24.1 Å². The number of nitriles is 2. The van der Waals surface area contributed by atoms with Crippen molar-refractivity contribution in [2.45, 2.75) is 45.6 Å². The molecule has 0 unspecified atom stereocenters. The molecule has 180 valence electrons. The minimum absolute atomic E-state index is 0.0812. The molecule has 8 heteroatoms. The van der Waals surface area contributed by atoms with Gasteiger partial charge in [0.15, 0.2) is 5.78 Å². The van der Waals surface area contributed by atoms with E-state index in [9.17, 15) is 14.9 Å². The number of carbonyl (C=O) groups is 2. The second-order valence-corrected chi connectivity index (χ2v) is 8.74. The van der Waals surface area contributed by atoms with Crippen molar-refractivity contribution in [3.05, 3.63) is 64.5 Å². The molecule has 2 heterocycles. The van der Waals surface area contributed by atoms with Crippen LogP contribution in [0.4, 0.5) is 0 Å². The van der Waals surface area contributed by atoms with Crippen LogP contribution in [0.1, 0.15) is 65.3 Å². The minimum Gasteiger partial charge on any atom is -0.481 e. The van der Waals surface area contributed by atoms with E-state index in [-0.39, 0.29) is 24.5 Å². The summed E-state index contributed by atoms with van der Waals surface area (Å²) in [4.78, 5) is 28.7. The van der Waals surface area contributed by atoms with Crippen molar-refractivity contribution in [3.63, 3.8) is 0 Å². The third-order valence-electron chi connectivity index (χ3n) is 5.89. The van der Waals surface area contributed by atoms with Crippen LogP contribution in [0.15, 0.2) is 36.5 Å². The number of ketones is 1. The number of Topliss-reactive ketones (excluding diaryl/α,β-unsaturated/α-hetero) is 1. The molecule has 1 aromatic carbocycles. The van der Waals surface area contributed by atoms with Gasteiger partial charge in [0.2, 0.25) is 0 Å².